The molecule has 158 valence electrons. The molecule has 2 aromatic carbocycles. The highest BCUT2D eigenvalue weighted by Crippen LogP contribution is 2.27. The number of carbonyl (C=O) groups is 1. The summed E-state index contributed by atoms with van der Waals surface area (Å²) < 4.78 is 8.22. The van der Waals surface area contributed by atoms with E-state index in [-0.39, 0.29) is 11.9 Å². The molecule has 0 radical (unpaired) electrons. The summed E-state index contributed by atoms with van der Waals surface area (Å²) in [6.07, 6.45) is 5.45. The predicted octanol–water partition coefficient (Wildman–Crippen LogP) is 4.52. The van der Waals surface area contributed by atoms with Crippen LogP contribution in [-0.2, 0) is 11.3 Å². The molecule has 0 aliphatic carbocycles. The number of ether oxygens (including phenoxy) is 1. The topological polar surface area (TPSA) is 59.4 Å². The number of hydrogen-bond donors (Lipinski definition) is 1. The number of benzene rings is 2. The molecule has 0 bridgehead atoms. The molecule has 1 aromatic heterocycles. The number of thiocarbonyl (C=S) groups is 1. The Bertz CT molecular complexity index is 1160. The second kappa shape index (κ2) is 9.03. The van der Waals surface area contributed by atoms with Crippen LogP contribution in [0.15, 0.2) is 71.1 Å². The second-order valence-corrected chi connectivity index (χ2v) is 8.48. The lowest BCUT2D eigenvalue weighted by atomic mass is 10.1. The molecule has 1 saturated heterocycles. The molecule has 1 aliphatic heterocycles. The van der Waals surface area contributed by atoms with E-state index < -0.39 is 0 Å². The molecule has 0 spiro atoms. The van der Waals surface area contributed by atoms with E-state index in [1.165, 1.54) is 0 Å². The van der Waals surface area contributed by atoms with Crippen LogP contribution in [0.1, 0.15) is 29.7 Å². The third-order valence-corrected chi connectivity index (χ3v) is 5.84. The van der Waals surface area contributed by atoms with Gasteiger partial charge in [-0.25, -0.2) is 0 Å². The number of rotatable bonds is 6. The van der Waals surface area contributed by atoms with Crippen LogP contribution in [-0.4, -0.2) is 32.8 Å². The van der Waals surface area contributed by atoms with Crippen LogP contribution in [0.2, 0.25) is 0 Å². The number of hydrogen-bond acceptors (Lipinski definition) is 4. The Morgan fingerprint density at radius 3 is 2.71 bits per heavy atom. The molecule has 1 N–H and O–H groups in total. The molecule has 1 aliphatic rings. The maximum Gasteiger partial charge on any atom is 0.277 e. The van der Waals surface area contributed by atoms with E-state index in [9.17, 15) is 4.79 Å². The Morgan fingerprint density at radius 1 is 1.26 bits per heavy atom. The Hall–Kier alpha value is -2.97. The van der Waals surface area contributed by atoms with Crippen LogP contribution in [0.4, 0.5) is 0 Å². The summed E-state index contributed by atoms with van der Waals surface area (Å²) in [5.74, 6) is 0.615. The van der Waals surface area contributed by atoms with Crippen molar-refractivity contribution in [1.29, 1.82) is 0 Å². The molecule has 31 heavy (non-hydrogen) atoms. The van der Waals surface area contributed by atoms with Gasteiger partial charge < -0.3 is 10.1 Å². The molecule has 1 fully saturated rings. The minimum atomic E-state index is -0.163. The molecule has 1 atom stereocenters. The van der Waals surface area contributed by atoms with Gasteiger partial charge in [0.05, 0.1) is 30.4 Å². The van der Waals surface area contributed by atoms with Crippen molar-refractivity contribution in [2.75, 3.05) is 7.11 Å². The van der Waals surface area contributed by atoms with Gasteiger partial charge in [0.2, 0.25) is 0 Å². The molecule has 1 amide bonds. The van der Waals surface area contributed by atoms with Crippen molar-refractivity contribution in [3.63, 3.8) is 0 Å². The molecular weight excluding hydrogens is 476 g/mol. The highest BCUT2D eigenvalue weighted by molar-refractivity contribution is 9.10. The quantitative estimate of drug-likeness (QED) is 0.401. The number of halogens is 1. The largest absolute Gasteiger partial charge is 0.496 e. The van der Waals surface area contributed by atoms with Crippen LogP contribution in [0.25, 0.3) is 6.08 Å². The number of aromatic nitrogens is 2. The first-order chi connectivity index (χ1) is 15.0. The minimum absolute atomic E-state index is 0.144. The Labute approximate surface area is 194 Å². The maximum atomic E-state index is 13.1. The van der Waals surface area contributed by atoms with Gasteiger partial charge in [-0.1, -0.05) is 36.4 Å². The Kier molecular flexibility index (Phi) is 6.20. The number of nitrogens with one attached hydrogen (secondary N) is 1. The van der Waals surface area contributed by atoms with Gasteiger partial charge in [-0.15, -0.1) is 0 Å². The molecule has 0 saturated carbocycles. The SMILES string of the molecule is COc1ccc(/C=C2\NC(=S)N(C(C)c3ccccc3)C2=O)cc1Cn1cc(Br)cn1. The zero-order valence-corrected chi connectivity index (χ0v) is 19.5. The zero-order valence-electron chi connectivity index (χ0n) is 17.1. The smallest absolute Gasteiger partial charge is 0.277 e. The molecule has 4 rings (SSSR count). The minimum Gasteiger partial charge on any atom is -0.496 e. The van der Waals surface area contributed by atoms with Gasteiger partial charge in [0.25, 0.3) is 5.91 Å². The summed E-state index contributed by atoms with van der Waals surface area (Å²) in [7, 11) is 1.64. The molecule has 6 nitrogen and oxygen atoms in total. The lowest BCUT2D eigenvalue weighted by Gasteiger charge is -2.23. The highest BCUT2D eigenvalue weighted by atomic mass is 79.9. The van der Waals surface area contributed by atoms with E-state index >= 15 is 0 Å². The molecule has 3 aromatic rings. The summed E-state index contributed by atoms with van der Waals surface area (Å²) in [4.78, 5) is 14.7. The van der Waals surface area contributed by atoms with Crippen molar-refractivity contribution in [3.05, 3.63) is 87.8 Å². The third-order valence-electron chi connectivity index (χ3n) is 5.13. The van der Waals surface area contributed by atoms with Crippen molar-refractivity contribution in [2.45, 2.75) is 19.5 Å². The van der Waals surface area contributed by atoms with E-state index in [1.54, 1.807) is 18.2 Å². The summed E-state index contributed by atoms with van der Waals surface area (Å²) in [5, 5.41) is 7.78. The van der Waals surface area contributed by atoms with Crippen LogP contribution in [0.5, 0.6) is 5.75 Å². The Morgan fingerprint density at radius 2 is 2.03 bits per heavy atom. The molecule has 1 unspecified atom stereocenters. The van der Waals surface area contributed by atoms with Gasteiger partial charge in [0.15, 0.2) is 5.11 Å². The van der Waals surface area contributed by atoms with E-state index in [1.807, 2.05) is 72.4 Å². The van der Waals surface area contributed by atoms with Crippen LogP contribution >= 0.6 is 28.1 Å². The molecule has 2 heterocycles. The highest BCUT2D eigenvalue weighted by Gasteiger charge is 2.34. The monoisotopic (exact) mass is 496 g/mol. The average molecular weight is 497 g/mol. The van der Waals surface area contributed by atoms with Gasteiger partial charge >= 0.3 is 0 Å². The first-order valence-electron chi connectivity index (χ1n) is 9.72. The third kappa shape index (κ3) is 4.55. The Balaban J connectivity index is 1.60. The standard InChI is InChI=1S/C23H21BrN4O2S/c1-15(17-6-4-3-5-7-17)28-22(29)20(26-23(28)31)11-16-8-9-21(30-2)18(10-16)13-27-14-19(24)12-25-27/h3-12,14-15H,13H2,1-2H3,(H,26,31)/b20-11-. The summed E-state index contributed by atoms with van der Waals surface area (Å²) in [6, 6.07) is 15.5. The zero-order chi connectivity index (χ0) is 22.0. The molecule has 8 heteroatoms. The number of nitrogens with zero attached hydrogens (tertiary/aromatic N) is 3. The van der Waals surface area contributed by atoms with E-state index in [0.29, 0.717) is 17.4 Å². The fourth-order valence-corrected chi connectivity index (χ4v) is 4.24. The lowest BCUT2D eigenvalue weighted by Crippen LogP contribution is -2.33. The van der Waals surface area contributed by atoms with Gasteiger partial charge in [0, 0.05) is 11.8 Å². The van der Waals surface area contributed by atoms with E-state index in [0.717, 1.165) is 26.9 Å². The average Bonchev–Trinajstić information content (AvgIpc) is 3.30. The fourth-order valence-electron chi connectivity index (χ4n) is 3.56. The van der Waals surface area contributed by atoms with Crippen LogP contribution in [0.3, 0.4) is 0 Å². The van der Waals surface area contributed by atoms with E-state index in [2.05, 4.69) is 26.3 Å². The van der Waals surface area contributed by atoms with Crippen molar-refractivity contribution < 1.29 is 9.53 Å². The summed E-state index contributed by atoms with van der Waals surface area (Å²) in [6.45, 7) is 2.51. The molecular formula is C23H21BrN4O2S. The first kappa shape index (κ1) is 21.3. The predicted molar refractivity (Wildman–Crippen MR) is 127 cm³/mol. The van der Waals surface area contributed by atoms with Gasteiger partial charge in [-0.3, -0.25) is 14.4 Å². The summed E-state index contributed by atoms with van der Waals surface area (Å²) in [5.41, 5.74) is 3.30. The maximum absolute atomic E-state index is 13.1. The first-order valence-corrected chi connectivity index (χ1v) is 10.9. The van der Waals surface area contributed by atoms with Crippen molar-refractivity contribution >= 4 is 45.2 Å². The van der Waals surface area contributed by atoms with Crippen LogP contribution in [0, 0.1) is 0 Å². The lowest BCUT2D eigenvalue weighted by molar-refractivity contribution is -0.123. The van der Waals surface area contributed by atoms with E-state index in [4.69, 9.17) is 17.0 Å². The normalized spacial score (nSPS) is 16.0. The van der Waals surface area contributed by atoms with Crippen LogP contribution < -0.4 is 10.1 Å². The van der Waals surface area contributed by atoms with Gasteiger partial charge in [-0.2, -0.15) is 5.10 Å². The van der Waals surface area contributed by atoms with Crippen molar-refractivity contribution in [1.82, 2.24) is 20.0 Å². The fraction of sp³-hybridized carbons (Fsp3) is 0.174. The summed E-state index contributed by atoms with van der Waals surface area (Å²) >= 11 is 8.87. The van der Waals surface area contributed by atoms with Crippen molar-refractivity contribution in [2.24, 2.45) is 0 Å². The number of amides is 1. The van der Waals surface area contributed by atoms with Gasteiger partial charge in [-0.05, 0) is 64.4 Å². The van der Waals surface area contributed by atoms with Gasteiger partial charge in [0.1, 0.15) is 11.4 Å². The number of methoxy groups -OCH3 is 1. The number of carbonyl (C=O) groups excluding carboxylic acids is 1. The van der Waals surface area contributed by atoms with Crippen molar-refractivity contribution in [3.8, 4) is 5.75 Å². The second-order valence-electron chi connectivity index (χ2n) is 7.18.